The van der Waals surface area contributed by atoms with E-state index in [1.165, 1.54) is 0 Å². The normalized spacial score (nSPS) is 24.3. The molecule has 0 bridgehead atoms. The third-order valence-electron chi connectivity index (χ3n) is 5.36. The van der Waals surface area contributed by atoms with Crippen LogP contribution >= 0.6 is 0 Å². The first kappa shape index (κ1) is 21.9. The molecule has 0 saturated carbocycles. The number of carbonyl (C=O) groups excluding carboxylic acids is 1. The summed E-state index contributed by atoms with van der Waals surface area (Å²) in [6.07, 6.45) is 0.822. The summed E-state index contributed by atoms with van der Waals surface area (Å²) in [5.41, 5.74) is 0. The Balaban J connectivity index is 1.92. The van der Waals surface area contributed by atoms with E-state index in [1.54, 1.807) is 33.5 Å². The summed E-state index contributed by atoms with van der Waals surface area (Å²) in [4.78, 5) is 16.5. The Kier molecular flexibility index (Phi) is 6.70. The second-order valence-electron chi connectivity index (χ2n) is 8.26. The van der Waals surface area contributed by atoms with Crippen molar-refractivity contribution in [2.75, 3.05) is 40.3 Å². The quantitative estimate of drug-likeness (QED) is 0.794. The Morgan fingerprint density at radius 1 is 1.24 bits per heavy atom. The largest absolute Gasteiger partial charge is 0.487 e. The van der Waals surface area contributed by atoms with E-state index in [-0.39, 0.29) is 29.1 Å². The number of hydrogen-bond donors (Lipinski definition) is 1. The number of likely N-dealkylation sites (N-methyl/N-ethyl adjacent to an activating group) is 1. The smallest absolute Gasteiger partial charge is 0.317 e. The predicted molar refractivity (Wildman–Crippen MR) is 112 cm³/mol. The molecule has 2 amide bonds. The molecule has 162 valence electrons. The Morgan fingerprint density at radius 2 is 1.93 bits per heavy atom. The fraction of sp³-hybridized carbons (Fsp3) is 0.650. The van der Waals surface area contributed by atoms with Crippen molar-refractivity contribution < 1.29 is 17.9 Å². The molecule has 1 aromatic rings. The molecule has 3 rings (SSSR count). The second-order valence-corrected chi connectivity index (χ2v) is 10.1. The maximum Gasteiger partial charge on any atom is 0.317 e. The third-order valence-corrected chi connectivity index (χ3v) is 7.32. The first-order valence-corrected chi connectivity index (χ1v) is 11.6. The fourth-order valence-corrected chi connectivity index (χ4v) is 5.68. The number of rotatable bonds is 4. The van der Waals surface area contributed by atoms with Crippen LogP contribution in [0.1, 0.15) is 26.7 Å². The van der Waals surface area contributed by atoms with E-state index in [9.17, 15) is 13.2 Å². The van der Waals surface area contributed by atoms with Crippen molar-refractivity contribution >= 4 is 16.1 Å². The summed E-state index contributed by atoms with van der Waals surface area (Å²) >= 11 is 0. The highest BCUT2D eigenvalue weighted by molar-refractivity contribution is 7.89. The first-order valence-electron chi connectivity index (χ1n) is 10.2. The SMILES string of the molecule is CC(C)NC(=O)N1CC[C@@H]2[C@@H](CC1)Oc1ccccc1S(=O)(=O)N2CCN(C)C. The molecule has 0 unspecified atom stereocenters. The van der Waals surface area contributed by atoms with Crippen LogP contribution in [0.3, 0.4) is 0 Å². The van der Waals surface area contributed by atoms with Crippen LogP contribution in [0.2, 0.25) is 0 Å². The molecule has 29 heavy (non-hydrogen) atoms. The number of para-hydroxylation sites is 1. The van der Waals surface area contributed by atoms with E-state index >= 15 is 0 Å². The van der Waals surface area contributed by atoms with E-state index in [0.717, 1.165) is 0 Å². The van der Waals surface area contributed by atoms with Crippen LogP contribution < -0.4 is 10.1 Å². The molecule has 1 aromatic carbocycles. The molecular weight excluding hydrogens is 392 g/mol. The van der Waals surface area contributed by atoms with Gasteiger partial charge in [-0.15, -0.1) is 0 Å². The molecule has 9 heteroatoms. The maximum atomic E-state index is 13.5. The molecule has 8 nitrogen and oxygen atoms in total. The van der Waals surface area contributed by atoms with E-state index in [2.05, 4.69) is 5.32 Å². The topological polar surface area (TPSA) is 82.2 Å². The number of amides is 2. The highest BCUT2D eigenvalue weighted by Crippen LogP contribution is 2.36. The molecule has 1 saturated heterocycles. The van der Waals surface area contributed by atoms with E-state index in [4.69, 9.17) is 4.74 Å². The molecule has 1 fully saturated rings. The highest BCUT2D eigenvalue weighted by Gasteiger charge is 2.43. The highest BCUT2D eigenvalue weighted by atomic mass is 32.2. The lowest BCUT2D eigenvalue weighted by molar-refractivity contribution is 0.110. The minimum atomic E-state index is -3.70. The zero-order valence-corrected chi connectivity index (χ0v) is 18.5. The first-order chi connectivity index (χ1) is 13.7. The summed E-state index contributed by atoms with van der Waals surface area (Å²) in [7, 11) is 0.160. The van der Waals surface area contributed by atoms with Crippen LogP contribution in [0, 0.1) is 0 Å². The lowest BCUT2D eigenvalue weighted by Gasteiger charge is -2.32. The second kappa shape index (κ2) is 8.89. The van der Waals surface area contributed by atoms with Gasteiger partial charge in [0.2, 0.25) is 10.0 Å². The summed E-state index contributed by atoms with van der Waals surface area (Å²) in [5, 5.41) is 2.92. The Hall–Kier alpha value is -1.84. The molecule has 2 atom stereocenters. The zero-order chi connectivity index (χ0) is 21.2. The molecule has 0 aromatic heterocycles. The number of likely N-dealkylation sites (tertiary alicyclic amines) is 1. The average molecular weight is 425 g/mol. The van der Waals surface area contributed by atoms with Gasteiger partial charge >= 0.3 is 6.03 Å². The number of hydrogen-bond acceptors (Lipinski definition) is 5. The average Bonchev–Trinajstić information content (AvgIpc) is 2.88. The summed E-state index contributed by atoms with van der Waals surface area (Å²) in [6, 6.07) is 6.47. The zero-order valence-electron chi connectivity index (χ0n) is 17.7. The van der Waals surface area contributed by atoms with Crippen molar-refractivity contribution in [1.82, 2.24) is 19.4 Å². The van der Waals surface area contributed by atoms with Crippen LogP contribution in [-0.2, 0) is 10.0 Å². The minimum absolute atomic E-state index is 0.0522. The van der Waals surface area contributed by atoms with Crippen LogP contribution in [0.4, 0.5) is 4.79 Å². The molecular formula is C20H32N4O4S. The van der Waals surface area contributed by atoms with Crippen LogP contribution in [0.25, 0.3) is 0 Å². The Morgan fingerprint density at radius 3 is 2.62 bits per heavy atom. The molecule has 0 aliphatic carbocycles. The molecule has 1 N–H and O–H groups in total. The van der Waals surface area contributed by atoms with E-state index in [0.29, 0.717) is 44.8 Å². The van der Waals surface area contributed by atoms with Gasteiger partial charge in [-0.1, -0.05) is 12.1 Å². The Bertz CT molecular complexity index is 828. The van der Waals surface area contributed by atoms with Crippen molar-refractivity contribution in [2.24, 2.45) is 0 Å². The number of benzene rings is 1. The number of ether oxygens (including phenoxy) is 1. The van der Waals surface area contributed by atoms with Gasteiger partial charge in [0.15, 0.2) is 0 Å². The van der Waals surface area contributed by atoms with Gasteiger partial charge in [0, 0.05) is 38.6 Å². The standard InChI is InChI=1S/C20H32N4O4S/c1-15(2)21-20(25)23-11-9-16-17(10-12-23)28-18-7-5-6-8-19(18)29(26,27)24(16)14-13-22(3)4/h5-8,15-17H,9-14H2,1-4H3,(H,21,25)/t16-,17-/m1/s1. The van der Waals surface area contributed by atoms with Crippen molar-refractivity contribution in [3.63, 3.8) is 0 Å². The fourth-order valence-electron chi connectivity index (χ4n) is 3.88. The number of nitrogens with one attached hydrogen (secondary N) is 1. The number of nitrogens with zero attached hydrogens (tertiary/aromatic N) is 3. The van der Waals surface area contributed by atoms with Crippen molar-refractivity contribution in [3.8, 4) is 5.75 Å². The third kappa shape index (κ3) is 4.84. The van der Waals surface area contributed by atoms with E-state index < -0.39 is 10.0 Å². The predicted octanol–water partition coefficient (Wildman–Crippen LogP) is 1.58. The number of urea groups is 1. The molecule has 0 spiro atoms. The minimum Gasteiger partial charge on any atom is -0.487 e. The van der Waals surface area contributed by atoms with Crippen molar-refractivity contribution in [3.05, 3.63) is 24.3 Å². The van der Waals surface area contributed by atoms with E-state index in [1.807, 2.05) is 32.8 Å². The maximum absolute atomic E-state index is 13.5. The van der Waals surface area contributed by atoms with Gasteiger partial charge in [0.05, 0.1) is 6.04 Å². The molecule has 2 aliphatic rings. The van der Waals surface area contributed by atoms with Crippen LogP contribution in [-0.4, -0.2) is 87.0 Å². The molecule has 0 radical (unpaired) electrons. The van der Waals surface area contributed by atoms with Gasteiger partial charge in [0.25, 0.3) is 0 Å². The van der Waals surface area contributed by atoms with Gasteiger partial charge in [-0.2, -0.15) is 4.31 Å². The van der Waals surface area contributed by atoms with Gasteiger partial charge < -0.3 is 19.9 Å². The number of carbonyl (C=O) groups is 1. The Labute approximate surface area is 173 Å². The van der Waals surface area contributed by atoms with Crippen LogP contribution in [0.15, 0.2) is 29.2 Å². The molecule has 2 aliphatic heterocycles. The van der Waals surface area contributed by atoms with Gasteiger partial charge in [-0.3, -0.25) is 0 Å². The van der Waals surface area contributed by atoms with Crippen LogP contribution in [0.5, 0.6) is 5.75 Å². The summed E-state index contributed by atoms with van der Waals surface area (Å²) in [6.45, 7) is 5.87. The van der Waals surface area contributed by atoms with Crippen molar-refractivity contribution in [1.29, 1.82) is 0 Å². The number of sulfonamides is 1. The lowest BCUT2D eigenvalue weighted by atomic mass is 10.1. The van der Waals surface area contributed by atoms with Crippen molar-refractivity contribution in [2.45, 2.75) is 49.8 Å². The number of fused-ring (bicyclic) bond motifs is 2. The van der Waals surface area contributed by atoms with Gasteiger partial charge in [-0.25, -0.2) is 13.2 Å². The molecule has 2 heterocycles. The van der Waals surface area contributed by atoms with Gasteiger partial charge in [0.1, 0.15) is 16.7 Å². The summed E-state index contributed by atoms with van der Waals surface area (Å²) < 4.78 is 34.8. The monoisotopic (exact) mass is 424 g/mol. The summed E-state index contributed by atoms with van der Waals surface area (Å²) in [5.74, 6) is 0.398. The van der Waals surface area contributed by atoms with Gasteiger partial charge in [-0.05, 0) is 46.5 Å². The lowest BCUT2D eigenvalue weighted by Crippen LogP contribution is -2.49.